The molecule has 0 aliphatic rings. The second-order valence-corrected chi connectivity index (χ2v) is 7.68. The Kier molecular flexibility index (Phi) is 10.7. The number of nitrogens with one attached hydrogen (secondary N) is 1. The lowest BCUT2D eigenvalue weighted by Crippen LogP contribution is -2.49. The third kappa shape index (κ3) is 8.74. The van der Waals surface area contributed by atoms with Crippen LogP contribution in [0.2, 0.25) is 0 Å². The molecular formula is C18H38N2O2. The fraction of sp³-hybridized carbons (Fsp3) is 0.944. The SMILES string of the molecule is CCCNC(=O)C(CC(C)C)C(O)N(CC(C)C)CC(C)C. The number of aliphatic hydroxyl groups excluding tert-OH is 1. The molecule has 0 aromatic carbocycles. The summed E-state index contributed by atoms with van der Waals surface area (Å²) in [4.78, 5) is 14.5. The molecule has 0 saturated heterocycles. The number of nitrogens with zero attached hydrogens (tertiary/aromatic N) is 1. The van der Waals surface area contributed by atoms with Gasteiger partial charge in [-0.1, -0.05) is 48.5 Å². The van der Waals surface area contributed by atoms with Gasteiger partial charge in [0.2, 0.25) is 5.91 Å². The summed E-state index contributed by atoms with van der Waals surface area (Å²) >= 11 is 0. The molecule has 22 heavy (non-hydrogen) atoms. The largest absolute Gasteiger partial charge is 0.378 e. The zero-order valence-corrected chi connectivity index (χ0v) is 15.7. The number of aliphatic hydroxyl groups is 1. The van der Waals surface area contributed by atoms with E-state index in [0.717, 1.165) is 19.5 Å². The second kappa shape index (κ2) is 11.0. The van der Waals surface area contributed by atoms with Gasteiger partial charge in [0.05, 0.1) is 5.92 Å². The van der Waals surface area contributed by atoms with Gasteiger partial charge in [-0.2, -0.15) is 0 Å². The van der Waals surface area contributed by atoms with Gasteiger partial charge >= 0.3 is 0 Å². The van der Waals surface area contributed by atoms with E-state index in [2.05, 4.69) is 51.8 Å². The predicted octanol–water partition coefficient (Wildman–Crippen LogP) is 3.11. The average Bonchev–Trinajstić information content (AvgIpc) is 2.39. The van der Waals surface area contributed by atoms with Crippen molar-refractivity contribution in [3.05, 3.63) is 0 Å². The van der Waals surface area contributed by atoms with E-state index in [-0.39, 0.29) is 11.8 Å². The summed E-state index contributed by atoms with van der Waals surface area (Å²) in [5.74, 6) is 0.940. The lowest BCUT2D eigenvalue weighted by Gasteiger charge is -2.35. The lowest BCUT2D eigenvalue weighted by atomic mass is 9.93. The van der Waals surface area contributed by atoms with Crippen LogP contribution in [0.15, 0.2) is 0 Å². The quantitative estimate of drug-likeness (QED) is 0.576. The van der Waals surface area contributed by atoms with Crippen LogP contribution in [0.1, 0.15) is 61.3 Å². The number of rotatable bonds is 11. The van der Waals surface area contributed by atoms with Crippen LogP contribution in [0.3, 0.4) is 0 Å². The standard InChI is InChI=1S/C18H38N2O2/c1-8-9-19-17(21)16(10-13(2)3)18(22)20(11-14(4)5)12-15(6)7/h13-16,18,22H,8-12H2,1-7H3,(H,19,21). The van der Waals surface area contributed by atoms with Crippen LogP contribution < -0.4 is 5.32 Å². The number of carbonyl (C=O) groups excluding carboxylic acids is 1. The maximum absolute atomic E-state index is 12.5. The molecular weight excluding hydrogens is 276 g/mol. The van der Waals surface area contributed by atoms with E-state index >= 15 is 0 Å². The molecule has 0 spiro atoms. The number of hydrogen-bond donors (Lipinski definition) is 2. The first kappa shape index (κ1) is 21.4. The molecule has 2 N–H and O–H groups in total. The molecule has 0 rings (SSSR count). The van der Waals surface area contributed by atoms with Gasteiger partial charge < -0.3 is 10.4 Å². The molecule has 4 nitrogen and oxygen atoms in total. The molecule has 0 fully saturated rings. The Morgan fingerprint density at radius 2 is 1.50 bits per heavy atom. The van der Waals surface area contributed by atoms with Crippen molar-refractivity contribution in [2.45, 2.75) is 67.5 Å². The van der Waals surface area contributed by atoms with Crippen molar-refractivity contribution in [1.82, 2.24) is 10.2 Å². The summed E-state index contributed by atoms with van der Waals surface area (Å²) in [7, 11) is 0. The Labute approximate surface area is 137 Å². The molecule has 132 valence electrons. The topological polar surface area (TPSA) is 52.6 Å². The molecule has 0 aromatic rings. The van der Waals surface area contributed by atoms with Crippen LogP contribution in [-0.2, 0) is 4.79 Å². The van der Waals surface area contributed by atoms with Crippen LogP contribution in [0.25, 0.3) is 0 Å². The Hall–Kier alpha value is -0.610. The van der Waals surface area contributed by atoms with Crippen molar-refractivity contribution in [2.75, 3.05) is 19.6 Å². The molecule has 2 unspecified atom stereocenters. The minimum absolute atomic E-state index is 0.0134. The normalized spacial score (nSPS) is 14.9. The van der Waals surface area contributed by atoms with Crippen molar-refractivity contribution >= 4 is 5.91 Å². The fourth-order valence-corrected chi connectivity index (χ4v) is 2.73. The zero-order chi connectivity index (χ0) is 17.3. The molecule has 0 heterocycles. The molecule has 0 saturated carbocycles. The minimum atomic E-state index is -0.705. The van der Waals surface area contributed by atoms with Crippen molar-refractivity contribution in [3.8, 4) is 0 Å². The van der Waals surface area contributed by atoms with Gasteiger partial charge in [-0.3, -0.25) is 9.69 Å². The van der Waals surface area contributed by atoms with E-state index in [1.807, 2.05) is 6.92 Å². The van der Waals surface area contributed by atoms with Crippen LogP contribution in [-0.4, -0.2) is 41.8 Å². The van der Waals surface area contributed by atoms with Crippen LogP contribution >= 0.6 is 0 Å². The maximum atomic E-state index is 12.5. The highest BCUT2D eigenvalue weighted by atomic mass is 16.3. The summed E-state index contributed by atoms with van der Waals surface area (Å²) in [5, 5.41) is 13.8. The van der Waals surface area contributed by atoms with Gasteiger partial charge in [-0.05, 0) is 30.6 Å². The first-order valence-electron chi connectivity index (χ1n) is 8.88. The fourth-order valence-electron chi connectivity index (χ4n) is 2.73. The van der Waals surface area contributed by atoms with Gasteiger partial charge in [-0.25, -0.2) is 0 Å². The van der Waals surface area contributed by atoms with Crippen molar-refractivity contribution in [1.29, 1.82) is 0 Å². The molecule has 0 radical (unpaired) electrons. The van der Waals surface area contributed by atoms with E-state index in [4.69, 9.17) is 0 Å². The van der Waals surface area contributed by atoms with Crippen LogP contribution in [0.4, 0.5) is 0 Å². The highest BCUT2D eigenvalue weighted by molar-refractivity contribution is 5.79. The average molecular weight is 315 g/mol. The highest BCUT2D eigenvalue weighted by Gasteiger charge is 2.32. The van der Waals surface area contributed by atoms with Gasteiger partial charge in [0.25, 0.3) is 0 Å². The first-order valence-corrected chi connectivity index (χ1v) is 8.88. The van der Waals surface area contributed by atoms with E-state index in [1.165, 1.54) is 0 Å². The highest BCUT2D eigenvalue weighted by Crippen LogP contribution is 2.21. The summed E-state index contributed by atoms with van der Waals surface area (Å²) in [6, 6.07) is 0. The summed E-state index contributed by atoms with van der Waals surface area (Å²) in [6.07, 6.45) is 0.922. The van der Waals surface area contributed by atoms with Gasteiger partial charge in [0.1, 0.15) is 6.23 Å². The smallest absolute Gasteiger partial charge is 0.227 e. The first-order chi connectivity index (χ1) is 10.2. The Balaban J connectivity index is 5.06. The van der Waals surface area contributed by atoms with E-state index in [1.54, 1.807) is 0 Å². The molecule has 0 aliphatic heterocycles. The monoisotopic (exact) mass is 314 g/mol. The van der Waals surface area contributed by atoms with E-state index < -0.39 is 6.23 Å². The van der Waals surface area contributed by atoms with Crippen molar-refractivity contribution < 1.29 is 9.90 Å². The summed E-state index contributed by atoms with van der Waals surface area (Å²) in [6.45, 7) is 17.1. The maximum Gasteiger partial charge on any atom is 0.227 e. The Bertz CT molecular complexity index is 293. The van der Waals surface area contributed by atoms with Gasteiger partial charge in [0, 0.05) is 19.6 Å². The summed E-state index contributed by atoms with van der Waals surface area (Å²) in [5.41, 5.74) is 0. The second-order valence-electron chi connectivity index (χ2n) is 7.68. The Morgan fingerprint density at radius 1 is 1.00 bits per heavy atom. The number of carbonyl (C=O) groups is 1. The van der Waals surface area contributed by atoms with Gasteiger partial charge in [-0.15, -0.1) is 0 Å². The third-order valence-corrected chi connectivity index (χ3v) is 3.54. The molecule has 0 aromatic heterocycles. The zero-order valence-electron chi connectivity index (χ0n) is 15.7. The van der Waals surface area contributed by atoms with Crippen molar-refractivity contribution in [2.24, 2.45) is 23.7 Å². The molecule has 4 heteroatoms. The molecule has 0 bridgehead atoms. The van der Waals surface area contributed by atoms with Crippen molar-refractivity contribution in [3.63, 3.8) is 0 Å². The lowest BCUT2D eigenvalue weighted by molar-refractivity contribution is -0.137. The summed E-state index contributed by atoms with van der Waals surface area (Å²) < 4.78 is 0. The molecule has 2 atom stereocenters. The van der Waals surface area contributed by atoms with E-state index in [0.29, 0.717) is 30.7 Å². The number of amides is 1. The number of hydrogen-bond acceptors (Lipinski definition) is 3. The van der Waals surface area contributed by atoms with Crippen LogP contribution in [0, 0.1) is 23.7 Å². The Morgan fingerprint density at radius 3 is 1.86 bits per heavy atom. The molecule has 0 aliphatic carbocycles. The van der Waals surface area contributed by atoms with E-state index in [9.17, 15) is 9.90 Å². The third-order valence-electron chi connectivity index (χ3n) is 3.54. The van der Waals surface area contributed by atoms with Gasteiger partial charge in [0.15, 0.2) is 0 Å². The minimum Gasteiger partial charge on any atom is -0.378 e. The molecule has 1 amide bonds. The van der Waals surface area contributed by atoms with Crippen LogP contribution in [0.5, 0.6) is 0 Å². The predicted molar refractivity (Wildman–Crippen MR) is 93.5 cm³/mol.